The number of hydrogen-bond donors (Lipinski definition) is 0. The molecule has 0 heterocycles. The normalized spacial score (nSPS) is 22.1. The topological polar surface area (TPSA) is 18.5 Å². The maximum Gasteiger partial charge on any atom is 3.00 e. The second kappa shape index (κ2) is 10.5. The van der Waals surface area contributed by atoms with Gasteiger partial charge in [-0.25, -0.2) is 6.08 Å². The minimum Gasteiger partial charge on any atom is -1.00 e. The molecule has 2 aliphatic carbocycles. The van der Waals surface area contributed by atoms with Gasteiger partial charge in [-0.2, -0.15) is 12.2 Å². The van der Waals surface area contributed by atoms with Crippen LogP contribution in [0.4, 0.5) is 0 Å². The first-order chi connectivity index (χ1) is 11.2. The van der Waals surface area contributed by atoms with Gasteiger partial charge in [0.05, 0.1) is 0 Å². The van der Waals surface area contributed by atoms with E-state index < -0.39 is 14.1 Å². The van der Waals surface area contributed by atoms with Gasteiger partial charge >= 0.3 is 21.7 Å². The van der Waals surface area contributed by atoms with E-state index in [4.69, 9.17) is 9.16 Å². The van der Waals surface area contributed by atoms with Crippen molar-refractivity contribution in [2.75, 3.05) is 0 Å². The zero-order valence-corrected chi connectivity index (χ0v) is 22.9. The quantitative estimate of drug-likeness (QED) is 0.334. The largest absolute Gasteiger partial charge is 3.00 e. The minimum absolute atomic E-state index is 0. The van der Waals surface area contributed by atoms with Gasteiger partial charge in [0.15, 0.2) is 8.32 Å². The van der Waals surface area contributed by atoms with Gasteiger partial charge < -0.3 is 34.0 Å². The minimum atomic E-state index is -1.84. The molecule has 0 fully saturated rings. The number of rotatable bonds is 4. The molecule has 0 aromatic heterocycles. The summed E-state index contributed by atoms with van der Waals surface area (Å²) in [6, 6.07) is 0. The molecule has 0 N–H and O–H groups in total. The zero-order chi connectivity index (χ0) is 19.1. The van der Waals surface area contributed by atoms with E-state index in [9.17, 15) is 0 Å². The van der Waals surface area contributed by atoms with Crippen LogP contribution in [0.1, 0.15) is 54.4 Å². The van der Waals surface area contributed by atoms with Crippen molar-refractivity contribution in [1.29, 1.82) is 0 Å². The first-order valence-electron chi connectivity index (χ1n) is 9.33. The molecule has 2 rings (SSSR count). The summed E-state index contributed by atoms with van der Waals surface area (Å²) in [5, 5.41) is 0. The summed E-state index contributed by atoms with van der Waals surface area (Å²) in [6.45, 7) is 20.2. The molecule has 0 aliphatic heterocycles. The Morgan fingerprint density at radius 3 is 1.96 bits per heavy atom. The van der Waals surface area contributed by atoms with E-state index >= 15 is 0 Å². The fraction of sp³-hybridized carbons (Fsp3) is 0.636. The molecule has 0 amide bonds. The Morgan fingerprint density at radius 1 is 1.00 bits per heavy atom. The van der Waals surface area contributed by atoms with Crippen molar-refractivity contribution in [2.45, 2.75) is 79.8 Å². The van der Waals surface area contributed by atoms with E-state index in [2.05, 4.69) is 85.5 Å². The van der Waals surface area contributed by atoms with Gasteiger partial charge in [-0.15, -0.1) is 6.42 Å². The molecule has 157 valence electrons. The van der Waals surface area contributed by atoms with Gasteiger partial charge in [-0.1, -0.05) is 53.7 Å². The van der Waals surface area contributed by atoms with Crippen LogP contribution in [-0.2, 0) is 30.9 Å². The molecular formula is C22H35Cl2O2SiTi. The third-order valence-electron chi connectivity index (χ3n) is 4.38. The number of halogens is 2. The van der Waals surface area contributed by atoms with Crippen LogP contribution in [0.25, 0.3) is 0 Å². The van der Waals surface area contributed by atoms with Crippen LogP contribution in [0.2, 0.25) is 19.6 Å². The Balaban J connectivity index is 0. The van der Waals surface area contributed by atoms with Crippen LogP contribution in [0, 0.1) is 16.9 Å². The molecule has 2 aliphatic rings. The van der Waals surface area contributed by atoms with E-state index in [1.165, 1.54) is 11.1 Å². The molecular weight excluding hydrogens is 443 g/mol. The second-order valence-electron chi connectivity index (χ2n) is 10.1. The van der Waals surface area contributed by atoms with Crippen LogP contribution >= 0.6 is 0 Å². The second-order valence-corrected chi connectivity index (χ2v) is 14.6. The van der Waals surface area contributed by atoms with E-state index in [0.717, 1.165) is 18.6 Å². The summed E-state index contributed by atoms with van der Waals surface area (Å²) >= 11 is 0. The van der Waals surface area contributed by atoms with Crippen molar-refractivity contribution in [1.82, 2.24) is 0 Å². The van der Waals surface area contributed by atoms with Gasteiger partial charge in [0.1, 0.15) is 0 Å². The Kier molecular flexibility index (Phi) is 11.4. The first-order valence-corrected chi connectivity index (χ1v) is 12.7. The third-order valence-corrected chi connectivity index (χ3v) is 5.33. The van der Waals surface area contributed by atoms with E-state index in [0.29, 0.717) is 0 Å². The van der Waals surface area contributed by atoms with Crippen LogP contribution in [0.3, 0.4) is 0 Å². The maximum atomic E-state index is 6.74. The van der Waals surface area contributed by atoms with Gasteiger partial charge in [0, 0.05) is 12.0 Å². The zero-order valence-electron chi connectivity index (χ0n) is 18.8. The summed E-state index contributed by atoms with van der Waals surface area (Å²) in [6.07, 6.45) is 13.6. The van der Waals surface area contributed by atoms with E-state index in [1.54, 1.807) is 0 Å². The molecule has 0 saturated carbocycles. The van der Waals surface area contributed by atoms with Gasteiger partial charge in [-0.3, -0.25) is 0 Å². The molecule has 0 aromatic carbocycles. The molecule has 1 radical (unpaired) electrons. The summed E-state index contributed by atoms with van der Waals surface area (Å²) in [4.78, 5) is 0. The molecule has 1 unspecified atom stereocenters. The number of hydrogen-bond acceptors (Lipinski definition) is 2. The molecule has 28 heavy (non-hydrogen) atoms. The average molecular weight is 478 g/mol. The van der Waals surface area contributed by atoms with Gasteiger partial charge in [-0.05, 0) is 41.8 Å². The van der Waals surface area contributed by atoms with Crippen LogP contribution in [0.5, 0.6) is 0 Å². The fourth-order valence-electron chi connectivity index (χ4n) is 3.33. The van der Waals surface area contributed by atoms with Crippen LogP contribution < -0.4 is 24.8 Å². The maximum absolute atomic E-state index is 6.74. The monoisotopic (exact) mass is 477 g/mol. The van der Waals surface area contributed by atoms with E-state index in [-0.39, 0.29) is 57.4 Å². The van der Waals surface area contributed by atoms with E-state index in [1.807, 2.05) is 6.08 Å². The van der Waals surface area contributed by atoms with Crippen molar-refractivity contribution in [3.63, 3.8) is 0 Å². The molecule has 0 saturated heterocycles. The van der Waals surface area contributed by atoms with Gasteiger partial charge in [0.25, 0.3) is 0 Å². The number of allylic oxidation sites excluding steroid dienone is 5. The van der Waals surface area contributed by atoms with Crippen molar-refractivity contribution in [2.24, 2.45) is 10.8 Å². The average Bonchev–Trinajstić information content (AvgIpc) is 2.86. The smallest absolute Gasteiger partial charge is 1.00 e. The predicted molar refractivity (Wildman–Crippen MR) is 108 cm³/mol. The molecule has 0 spiro atoms. The molecule has 2 nitrogen and oxygen atoms in total. The van der Waals surface area contributed by atoms with Crippen LogP contribution in [-0.4, -0.2) is 14.1 Å². The number of ether oxygens (including phenoxy) is 1. The molecule has 6 heteroatoms. The Labute approximate surface area is 201 Å². The fourth-order valence-corrected chi connectivity index (χ4v) is 4.55. The third kappa shape index (κ3) is 7.81. The molecule has 1 atom stereocenters. The van der Waals surface area contributed by atoms with Crippen LogP contribution in [0.15, 0.2) is 41.2 Å². The van der Waals surface area contributed by atoms with Crippen molar-refractivity contribution >= 4 is 8.32 Å². The first kappa shape index (κ1) is 30.4. The van der Waals surface area contributed by atoms with Crippen molar-refractivity contribution in [3.8, 4) is 0 Å². The molecule has 0 aromatic rings. The SMILES string of the molecule is CC(C)(C)C1=CCC(OC2=[C-]CC=C2)(O[Si](C)(C)C)C(C(C)(C)C)=C1.[Cl-].[Cl-].[Ti+3]. The Morgan fingerprint density at radius 2 is 1.57 bits per heavy atom. The Bertz CT molecular complexity index is 647. The molecule has 0 bridgehead atoms. The van der Waals surface area contributed by atoms with Crippen molar-refractivity contribution < 1.29 is 55.7 Å². The standard InChI is InChI=1S/C22H35O2Si.2ClH.Ti/c1-20(2,3)17-14-15-22(24-25(7,8)9,19(16-17)21(4,5)6)23-18-12-10-11-13-18;;;/h10,12,14,16H,11,15H2,1-9H3;2*1H;/q-1;;;+3/p-2. The Hall–Kier alpha value is 0.231. The van der Waals surface area contributed by atoms with Gasteiger partial charge in [0.2, 0.25) is 5.79 Å². The summed E-state index contributed by atoms with van der Waals surface area (Å²) < 4.78 is 13.3. The predicted octanol–water partition coefficient (Wildman–Crippen LogP) is 0.552. The summed E-state index contributed by atoms with van der Waals surface area (Å²) in [7, 11) is -1.84. The summed E-state index contributed by atoms with van der Waals surface area (Å²) in [5.41, 5.74) is 2.65. The van der Waals surface area contributed by atoms with Crippen molar-refractivity contribution in [3.05, 3.63) is 47.3 Å². The summed E-state index contributed by atoms with van der Waals surface area (Å²) in [5.74, 6) is 0.0788.